The second-order valence-electron chi connectivity index (χ2n) is 5.23. The molecule has 4 nitrogen and oxygen atoms in total. The Bertz CT molecular complexity index is 629. The van der Waals surface area contributed by atoms with Gasteiger partial charge in [0.1, 0.15) is 0 Å². The summed E-state index contributed by atoms with van der Waals surface area (Å²) in [6, 6.07) is 5.04. The van der Waals surface area contributed by atoms with Crippen LogP contribution in [0.1, 0.15) is 31.2 Å². The Morgan fingerprint density at radius 3 is 2.35 bits per heavy atom. The number of aliphatic carboxylic acids is 1. The molecule has 1 aromatic rings. The predicted molar refractivity (Wildman–Crippen MR) is 79.1 cm³/mol. The Labute approximate surface area is 123 Å². The van der Waals surface area contributed by atoms with Gasteiger partial charge >= 0.3 is 5.97 Å². The molecule has 1 aliphatic carbocycles. The van der Waals surface area contributed by atoms with Crippen molar-refractivity contribution in [2.45, 2.75) is 40.9 Å². The van der Waals surface area contributed by atoms with E-state index in [2.05, 4.69) is 0 Å². The Morgan fingerprint density at radius 1 is 1.30 bits per heavy atom. The molecule has 0 spiro atoms. The first-order chi connectivity index (χ1) is 9.31. The first kappa shape index (κ1) is 15.4. The van der Waals surface area contributed by atoms with Crippen molar-refractivity contribution in [2.24, 2.45) is 0 Å². The SMILES string of the molecule is CSc1ccc(C2(C(=O)O)CCCC2)cc1S(C)(=O)=O. The van der Waals surface area contributed by atoms with Crippen LogP contribution in [0.3, 0.4) is 0 Å². The molecule has 110 valence electrons. The molecule has 6 heteroatoms. The zero-order valence-corrected chi connectivity index (χ0v) is 13.2. The highest BCUT2D eigenvalue weighted by Crippen LogP contribution is 2.43. The Morgan fingerprint density at radius 2 is 1.90 bits per heavy atom. The van der Waals surface area contributed by atoms with Gasteiger partial charge in [-0.2, -0.15) is 0 Å². The third kappa shape index (κ3) is 2.59. The van der Waals surface area contributed by atoms with Crippen LogP contribution in [0.2, 0.25) is 0 Å². The van der Waals surface area contributed by atoms with Gasteiger partial charge in [0.25, 0.3) is 0 Å². The van der Waals surface area contributed by atoms with Gasteiger partial charge in [0.05, 0.1) is 10.3 Å². The van der Waals surface area contributed by atoms with Crippen molar-refractivity contribution in [3.63, 3.8) is 0 Å². The van der Waals surface area contributed by atoms with Crippen molar-refractivity contribution < 1.29 is 18.3 Å². The highest BCUT2D eigenvalue weighted by Gasteiger charge is 2.43. The number of thioether (sulfide) groups is 1. The third-order valence-corrected chi connectivity index (χ3v) is 6.04. The summed E-state index contributed by atoms with van der Waals surface area (Å²) in [5.41, 5.74) is -0.308. The molecule has 0 aliphatic heterocycles. The van der Waals surface area contributed by atoms with Crippen LogP contribution in [0, 0.1) is 0 Å². The Balaban J connectivity index is 2.62. The summed E-state index contributed by atoms with van der Waals surface area (Å²) >= 11 is 1.35. The monoisotopic (exact) mass is 314 g/mol. The van der Waals surface area contributed by atoms with Crippen LogP contribution in [0.15, 0.2) is 28.0 Å². The molecular weight excluding hydrogens is 296 g/mol. The molecule has 0 atom stereocenters. The summed E-state index contributed by atoms with van der Waals surface area (Å²) in [5, 5.41) is 9.58. The lowest BCUT2D eigenvalue weighted by atomic mass is 9.79. The van der Waals surface area contributed by atoms with Crippen molar-refractivity contribution in [3.05, 3.63) is 23.8 Å². The number of rotatable bonds is 4. The Kier molecular flexibility index (Phi) is 4.16. The van der Waals surface area contributed by atoms with E-state index in [1.807, 2.05) is 6.26 Å². The van der Waals surface area contributed by atoms with Crippen LogP contribution in [-0.4, -0.2) is 32.0 Å². The second kappa shape index (κ2) is 5.41. The fraction of sp³-hybridized carbons (Fsp3) is 0.500. The summed E-state index contributed by atoms with van der Waals surface area (Å²) in [5.74, 6) is -0.855. The number of sulfone groups is 1. The lowest BCUT2D eigenvalue weighted by Crippen LogP contribution is -2.32. The van der Waals surface area contributed by atoms with Crippen molar-refractivity contribution in [3.8, 4) is 0 Å². The molecule has 0 aromatic heterocycles. The molecule has 0 amide bonds. The second-order valence-corrected chi connectivity index (χ2v) is 8.06. The molecule has 0 bridgehead atoms. The van der Waals surface area contributed by atoms with Gasteiger partial charge < -0.3 is 5.11 Å². The van der Waals surface area contributed by atoms with Crippen LogP contribution in [0.25, 0.3) is 0 Å². The molecule has 2 rings (SSSR count). The van der Waals surface area contributed by atoms with Crippen molar-refractivity contribution in [1.29, 1.82) is 0 Å². The average molecular weight is 314 g/mol. The van der Waals surface area contributed by atoms with Crippen LogP contribution in [0.4, 0.5) is 0 Å². The molecule has 1 fully saturated rings. The van der Waals surface area contributed by atoms with Gasteiger partial charge in [-0.25, -0.2) is 8.42 Å². The summed E-state index contributed by atoms with van der Waals surface area (Å²) in [6.45, 7) is 0. The number of benzene rings is 1. The first-order valence-electron chi connectivity index (χ1n) is 6.43. The predicted octanol–water partition coefficient (Wildman–Crippen LogP) is 2.71. The van der Waals surface area contributed by atoms with Crippen LogP contribution < -0.4 is 0 Å². The van der Waals surface area contributed by atoms with Gasteiger partial charge in [0.2, 0.25) is 0 Å². The normalized spacial score (nSPS) is 18.1. The van der Waals surface area contributed by atoms with Gasteiger partial charge in [0.15, 0.2) is 9.84 Å². The maximum Gasteiger partial charge on any atom is 0.314 e. The average Bonchev–Trinajstić information content (AvgIpc) is 2.87. The number of hydrogen-bond donors (Lipinski definition) is 1. The summed E-state index contributed by atoms with van der Waals surface area (Å²) in [7, 11) is -3.36. The van der Waals surface area contributed by atoms with E-state index in [-0.39, 0.29) is 4.90 Å². The van der Waals surface area contributed by atoms with E-state index in [9.17, 15) is 18.3 Å². The zero-order chi connectivity index (χ0) is 15.0. The number of hydrogen-bond acceptors (Lipinski definition) is 4. The smallest absolute Gasteiger partial charge is 0.314 e. The number of carboxylic acid groups (broad SMARTS) is 1. The fourth-order valence-corrected chi connectivity index (χ4v) is 4.81. The molecule has 0 heterocycles. The van der Waals surface area contributed by atoms with E-state index in [4.69, 9.17) is 0 Å². The van der Waals surface area contributed by atoms with Gasteiger partial charge in [-0.3, -0.25) is 4.79 Å². The topological polar surface area (TPSA) is 71.4 Å². The number of carbonyl (C=O) groups is 1. The summed E-state index contributed by atoms with van der Waals surface area (Å²) < 4.78 is 23.8. The van der Waals surface area contributed by atoms with E-state index in [1.54, 1.807) is 18.2 Å². The summed E-state index contributed by atoms with van der Waals surface area (Å²) in [4.78, 5) is 12.6. The molecule has 1 aliphatic rings. The lowest BCUT2D eigenvalue weighted by molar-refractivity contribution is -0.143. The highest BCUT2D eigenvalue weighted by molar-refractivity contribution is 7.99. The van der Waals surface area contributed by atoms with Gasteiger partial charge in [-0.05, 0) is 36.8 Å². The van der Waals surface area contributed by atoms with Gasteiger partial charge in [-0.15, -0.1) is 11.8 Å². The van der Waals surface area contributed by atoms with E-state index in [1.165, 1.54) is 11.8 Å². The molecule has 0 unspecified atom stereocenters. The van der Waals surface area contributed by atoms with E-state index >= 15 is 0 Å². The van der Waals surface area contributed by atoms with E-state index < -0.39 is 21.2 Å². The zero-order valence-electron chi connectivity index (χ0n) is 11.5. The van der Waals surface area contributed by atoms with Crippen molar-refractivity contribution in [1.82, 2.24) is 0 Å². The molecule has 1 N–H and O–H groups in total. The maximum absolute atomic E-state index is 11.9. The van der Waals surface area contributed by atoms with Crippen molar-refractivity contribution >= 4 is 27.6 Å². The van der Waals surface area contributed by atoms with E-state index in [0.29, 0.717) is 23.3 Å². The van der Waals surface area contributed by atoms with E-state index in [0.717, 1.165) is 19.1 Å². The van der Waals surface area contributed by atoms with Crippen LogP contribution in [0.5, 0.6) is 0 Å². The van der Waals surface area contributed by atoms with Gasteiger partial charge in [-0.1, -0.05) is 18.9 Å². The van der Waals surface area contributed by atoms with Crippen molar-refractivity contribution in [2.75, 3.05) is 12.5 Å². The summed E-state index contributed by atoms with van der Waals surface area (Å²) in [6.07, 6.45) is 5.85. The molecule has 0 saturated heterocycles. The van der Waals surface area contributed by atoms with Crippen LogP contribution in [-0.2, 0) is 20.0 Å². The molecule has 1 saturated carbocycles. The largest absolute Gasteiger partial charge is 0.481 e. The minimum absolute atomic E-state index is 0.232. The minimum Gasteiger partial charge on any atom is -0.481 e. The highest BCUT2D eigenvalue weighted by atomic mass is 32.2. The minimum atomic E-state index is -3.36. The quantitative estimate of drug-likeness (QED) is 0.865. The first-order valence-corrected chi connectivity index (χ1v) is 9.55. The standard InChI is InChI=1S/C14H18O4S2/c1-19-11-6-5-10(9-12(11)20(2,17)18)14(13(15)16)7-3-4-8-14/h5-6,9H,3-4,7-8H2,1-2H3,(H,15,16). The lowest BCUT2D eigenvalue weighted by Gasteiger charge is -2.25. The van der Waals surface area contributed by atoms with Gasteiger partial charge in [0, 0.05) is 11.2 Å². The molecule has 1 aromatic carbocycles. The van der Waals surface area contributed by atoms with Crippen LogP contribution >= 0.6 is 11.8 Å². The molecular formula is C14H18O4S2. The Hall–Kier alpha value is -1.01. The molecule has 20 heavy (non-hydrogen) atoms. The number of carboxylic acids is 1. The third-order valence-electron chi connectivity index (χ3n) is 3.98. The molecule has 0 radical (unpaired) electrons. The fourth-order valence-electron chi connectivity index (χ4n) is 2.87. The maximum atomic E-state index is 11.9.